The molecule has 0 bridgehead atoms. The van der Waals surface area contributed by atoms with Crippen LogP contribution < -0.4 is 5.73 Å². The first kappa shape index (κ1) is 13.6. The zero-order valence-corrected chi connectivity index (χ0v) is 9.45. The van der Waals surface area contributed by atoms with Crippen LogP contribution >= 0.6 is 0 Å². The number of esters is 1. The standard InChI is InChI=1S/C12H17NO4/c13-11(15)10(6-7-14)12(16)17-8-9-4-2-1-3-5-9/h1-5,10-11,14-15H,6-8,13H2/t10-,11+/m0/s1. The maximum absolute atomic E-state index is 11.6. The molecule has 5 heteroatoms. The number of benzene rings is 1. The molecule has 0 aliphatic carbocycles. The van der Waals surface area contributed by atoms with Gasteiger partial charge < -0.3 is 20.7 Å². The largest absolute Gasteiger partial charge is 0.460 e. The van der Waals surface area contributed by atoms with Crippen molar-refractivity contribution in [3.63, 3.8) is 0 Å². The Morgan fingerprint density at radius 1 is 1.35 bits per heavy atom. The summed E-state index contributed by atoms with van der Waals surface area (Å²) in [6.07, 6.45) is -1.23. The van der Waals surface area contributed by atoms with E-state index in [-0.39, 0.29) is 19.6 Å². The Hall–Kier alpha value is -1.43. The van der Waals surface area contributed by atoms with Gasteiger partial charge in [-0.25, -0.2) is 0 Å². The van der Waals surface area contributed by atoms with Crippen LogP contribution in [0.15, 0.2) is 30.3 Å². The highest BCUT2D eigenvalue weighted by molar-refractivity contribution is 5.73. The van der Waals surface area contributed by atoms with E-state index in [1.807, 2.05) is 30.3 Å². The molecule has 4 N–H and O–H groups in total. The predicted octanol–water partition coefficient (Wildman–Crippen LogP) is 0.00550. The molecule has 94 valence electrons. The summed E-state index contributed by atoms with van der Waals surface area (Å²) in [6, 6.07) is 9.20. The average molecular weight is 239 g/mol. The van der Waals surface area contributed by atoms with Crippen LogP contribution in [0.3, 0.4) is 0 Å². The van der Waals surface area contributed by atoms with Gasteiger partial charge in [0.25, 0.3) is 0 Å². The van der Waals surface area contributed by atoms with Crippen LogP contribution in [0.4, 0.5) is 0 Å². The second-order valence-electron chi connectivity index (χ2n) is 3.70. The van der Waals surface area contributed by atoms with Gasteiger partial charge in [-0.15, -0.1) is 0 Å². The summed E-state index contributed by atoms with van der Waals surface area (Å²) >= 11 is 0. The Balaban J connectivity index is 2.47. The molecule has 5 nitrogen and oxygen atoms in total. The van der Waals surface area contributed by atoms with Gasteiger partial charge in [0.1, 0.15) is 12.8 Å². The Morgan fingerprint density at radius 2 is 2.00 bits per heavy atom. The van der Waals surface area contributed by atoms with Crippen molar-refractivity contribution in [3.8, 4) is 0 Å². The van der Waals surface area contributed by atoms with Crippen LogP contribution in [0.5, 0.6) is 0 Å². The van der Waals surface area contributed by atoms with E-state index in [0.717, 1.165) is 5.56 Å². The zero-order valence-electron chi connectivity index (χ0n) is 9.45. The lowest BCUT2D eigenvalue weighted by Crippen LogP contribution is -2.36. The summed E-state index contributed by atoms with van der Waals surface area (Å²) in [5.41, 5.74) is 6.09. The van der Waals surface area contributed by atoms with Crippen molar-refractivity contribution in [2.45, 2.75) is 19.3 Å². The monoisotopic (exact) mass is 239 g/mol. The third-order valence-corrected chi connectivity index (χ3v) is 2.38. The molecule has 0 fully saturated rings. The number of nitrogens with two attached hydrogens (primary N) is 1. The molecule has 0 aliphatic rings. The minimum Gasteiger partial charge on any atom is -0.460 e. The number of ether oxygens (including phenoxy) is 1. The van der Waals surface area contributed by atoms with Crippen LogP contribution in [0, 0.1) is 5.92 Å². The second kappa shape index (κ2) is 7.01. The molecule has 0 aliphatic heterocycles. The molecule has 0 aromatic heterocycles. The van der Waals surface area contributed by atoms with E-state index in [9.17, 15) is 9.90 Å². The van der Waals surface area contributed by atoms with Crippen LogP contribution in [0.2, 0.25) is 0 Å². The molecule has 0 saturated heterocycles. The van der Waals surface area contributed by atoms with Crippen molar-refractivity contribution >= 4 is 5.97 Å². The highest BCUT2D eigenvalue weighted by Gasteiger charge is 2.25. The van der Waals surface area contributed by atoms with E-state index in [1.165, 1.54) is 0 Å². The van der Waals surface area contributed by atoms with E-state index in [2.05, 4.69) is 0 Å². The van der Waals surface area contributed by atoms with E-state index >= 15 is 0 Å². The van der Waals surface area contributed by atoms with Gasteiger partial charge in [0.05, 0.1) is 5.92 Å². The van der Waals surface area contributed by atoms with Crippen LogP contribution in [-0.4, -0.2) is 29.0 Å². The minimum absolute atomic E-state index is 0.0886. The average Bonchev–Trinajstić information content (AvgIpc) is 2.34. The third kappa shape index (κ3) is 4.52. The molecule has 17 heavy (non-hydrogen) atoms. The van der Waals surface area contributed by atoms with Gasteiger partial charge in [-0.05, 0) is 12.0 Å². The molecule has 0 amide bonds. The Kier molecular flexibility index (Phi) is 5.62. The number of hydrogen-bond donors (Lipinski definition) is 3. The molecule has 2 atom stereocenters. The number of hydrogen-bond acceptors (Lipinski definition) is 5. The second-order valence-corrected chi connectivity index (χ2v) is 3.70. The van der Waals surface area contributed by atoms with Crippen molar-refractivity contribution in [2.75, 3.05) is 6.61 Å². The van der Waals surface area contributed by atoms with E-state index in [1.54, 1.807) is 0 Å². The van der Waals surface area contributed by atoms with Crippen molar-refractivity contribution in [2.24, 2.45) is 11.7 Å². The first-order valence-corrected chi connectivity index (χ1v) is 5.40. The van der Waals surface area contributed by atoms with Gasteiger partial charge in [0.15, 0.2) is 0 Å². The summed E-state index contributed by atoms with van der Waals surface area (Å²) < 4.78 is 5.01. The fourth-order valence-corrected chi connectivity index (χ4v) is 1.40. The first-order chi connectivity index (χ1) is 8.15. The van der Waals surface area contributed by atoms with Crippen LogP contribution in [-0.2, 0) is 16.1 Å². The van der Waals surface area contributed by atoms with Gasteiger partial charge in [-0.3, -0.25) is 4.79 Å². The van der Waals surface area contributed by atoms with Gasteiger partial charge in [0, 0.05) is 6.61 Å². The van der Waals surface area contributed by atoms with Crippen LogP contribution in [0.25, 0.3) is 0 Å². The van der Waals surface area contributed by atoms with Crippen molar-refractivity contribution in [1.82, 2.24) is 0 Å². The summed E-state index contributed by atoms with van der Waals surface area (Å²) in [5.74, 6) is -1.48. The summed E-state index contributed by atoms with van der Waals surface area (Å²) in [6.45, 7) is -0.0896. The van der Waals surface area contributed by atoms with E-state index in [0.29, 0.717) is 0 Å². The lowest BCUT2D eigenvalue weighted by molar-refractivity contribution is -0.154. The lowest BCUT2D eigenvalue weighted by Gasteiger charge is -2.17. The molecule has 0 saturated carbocycles. The normalized spacial score (nSPS) is 14.1. The molecule has 1 rings (SSSR count). The number of aliphatic hydroxyl groups is 2. The number of carbonyl (C=O) groups is 1. The predicted molar refractivity (Wildman–Crippen MR) is 61.6 cm³/mol. The number of carbonyl (C=O) groups excluding carboxylic acids is 1. The number of rotatable bonds is 6. The highest BCUT2D eigenvalue weighted by atomic mass is 16.5. The number of aliphatic hydroxyl groups excluding tert-OH is 2. The molecule has 0 spiro atoms. The van der Waals surface area contributed by atoms with Gasteiger partial charge in [-0.1, -0.05) is 30.3 Å². The first-order valence-electron chi connectivity index (χ1n) is 5.40. The Labute approximate surface area is 99.8 Å². The maximum Gasteiger partial charge on any atom is 0.313 e. The summed E-state index contributed by atoms with van der Waals surface area (Å²) in [5, 5.41) is 17.9. The van der Waals surface area contributed by atoms with E-state index in [4.69, 9.17) is 15.6 Å². The molecule has 1 aromatic rings. The molecule has 1 aromatic carbocycles. The van der Waals surface area contributed by atoms with Gasteiger partial charge in [0.2, 0.25) is 0 Å². The zero-order chi connectivity index (χ0) is 12.7. The van der Waals surface area contributed by atoms with Crippen molar-refractivity contribution in [1.29, 1.82) is 0 Å². The van der Waals surface area contributed by atoms with E-state index < -0.39 is 18.1 Å². The smallest absolute Gasteiger partial charge is 0.313 e. The fraction of sp³-hybridized carbons (Fsp3) is 0.417. The van der Waals surface area contributed by atoms with Crippen molar-refractivity contribution < 1.29 is 19.7 Å². The van der Waals surface area contributed by atoms with Crippen molar-refractivity contribution in [3.05, 3.63) is 35.9 Å². The molecular weight excluding hydrogens is 222 g/mol. The fourth-order valence-electron chi connectivity index (χ4n) is 1.40. The summed E-state index contributed by atoms with van der Waals surface area (Å²) in [7, 11) is 0. The third-order valence-electron chi connectivity index (χ3n) is 2.38. The topological polar surface area (TPSA) is 92.8 Å². The Bertz CT molecular complexity index is 340. The molecule has 0 radical (unpaired) electrons. The Morgan fingerprint density at radius 3 is 2.53 bits per heavy atom. The minimum atomic E-state index is -1.31. The summed E-state index contributed by atoms with van der Waals surface area (Å²) in [4.78, 5) is 11.6. The van der Waals surface area contributed by atoms with Gasteiger partial charge >= 0.3 is 5.97 Å². The lowest BCUT2D eigenvalue weighted by atomic mass is 10.1. The highest BCUT2D eigenvalue weighted by Crippen LogP contribution is 2.10. The molecular formula is C12H17NO4. The quantitative estimate of drug-likeness (QED) is 0.480. The maximum atomic E-state index is 11.6. The van der Waals surface area contributed by atoms with Crippen LogP contribution in [0.1, 0.15) is 12.0 Å². The van der Waals surface area contributed by atoms with Gasteiger partial charge in [-0.2, -0.15) is 0 Å². The molecule has 0 unspecified atom stereocenters. The molecule has 0 heterocycles. The SMILES string of the molecule is N[C@H](O)[C@H](CCO)C(=O)OCc1ccccc1.